The second-order valence-electron chi connectivity index (χ2n) is 4.40. The van der Waals surface area contributed by atoms with Crippen LogP contribution in [0, 0.1) is 0 Å². The molecule has 20 heavy (non-hydrogen) atoms. The molecule has 0 N–H and O–H groups in total. The lowest BCUT2D eigenvalue weighted by molar-refractivity contribution is 0.316. The molecule has 1 aromatic carbocycles. The van der Waals surface area contributed by atoms with Crippen molar-refractivity contribution in [3.63, 3.8) is 0 Å². The normalized spacial score (nSPS) is 15.3. The zero-order chi connectivity index (χ0) is 15.0. The zero-order valence-electron chi connectivity index (χ0n) is 12.2. The van der Waals surface area contributed by atoms with E-state index in [0.29, 0.717) is 13.2 Å². The van der Waals surface area contributed by atoms with E-state index in [1.165, 1.54) is 16.9 Å². The van der Waals surface area contributed by atoms with E-state index in [0.717, 1.165) is 12.0 Å². The van der Waals surface area contributed by atoms with Crippen molar-refractivity contribution < 1.29 is 9.09 Å². The van der Waals surface area contributed by atoms with Crippen molar-refractivity contribution in [1.82, 2.24) is 4.67 Å². The zero-order valence-corrected chi connectivity index (χ0v) is 14.7. The second kappa shape index (κ2) is 8.83. The average molecular weight is 331 g/mol. The lowest BCUT2D eigenvalue weighted by atomic mass is 10.2. The summed E-state index contributed by atoms with van der Waals surface area (Å²) in [6.07, 6.45) is 0.943. The molecule has 3 nitrogen and oxygen atoms in total. The van der Waals surface area contributed by atoms with E-state index in [1.54, 1.807) is 4.67 Å². The van der Waals surface area contributed by atoms with Crippen LogP contribution >= 0.6 is 30.3 Å². The average Bonchev–Trinajstić information content (AvgIpc) is 2.45. The van der Waals surface area contributed by atoms with Gasteiger partial charge in [0, 0.05) is 5.25 Å². The van der Waals surface area contributed by atoms with Crippen molar-refractivity contribution in [3.05, 3.63) is 35.9 Å². The summed E-state index contributed by atoms with van der Waals surface area (Å²) in [5, 5.41) is 0.264. The van der Waals surface area contributed by atoms with E-state index in [9.17, 15) is 4.57 Å². The molecule has 1 rings (SSSR count). The minimum absolute atomic E-state index is 0.264. The Morgan fingerprint density at radius 3 is 2.55 bits per heavy atom. The van der Waals surface area contributed by atoms with Gasteiger partial charge in [0.05, 0.1) is 18.6 Å². The van der Waals surface area contributed by atoms with E-state index >= 15 is 0 Å². The summed E-state index contributed by atoms with van der Waals surface area (Å²) < 4.78 is 20.3. The molecular weight excluding hydrogens is 309 g/mol. The first-order valence-corrected chi connectivity index (χ1v) is 10.3. The quantitative estimate of drug-likeness (QED) is 0.463. The molecule has 112 valence electrons. The number of nitrogens with zero attached hydrogens (tertiary/aromatic N) is 1. The van der Waals surface area contributed by atoms with Crippen LogP contribution in [-0.4, -0.2) is 22.0 Å². The Morgan fingerprint density at radius 2 is 2.05 bits per heavy atom. The van der Waals surface area contributed by atoms with Crippen molar-refractivity contribution in [2.24, 2.45) is 0 Å². The highest BCUT2D eigenvalue weighted by atomic mass is 32.7. The Kier molecular flexibility index (Phi) is 7.82. The van der Waals surface area contributed by atoms with Crippen LogP contribution in [0.1, 0.15) is 32.8 Å². The Bertz CT molecular complexity index is 456. The molecule has 0 radical (unpaired) electrons. The molecular formula is C14H22NO2PS2. The molecule has 0 fully saturated rings. The lowest BCUT2D eigenvalue weighted by Gasteiger charge is -2.29. The summed E-state index contributed by atoms with van der Waals surface area (Å²) in [4.78, 5) is 0. The molecule has 1 aromatic rings. The van der Waals surface area contributed by atoms with Crippen molar-refractivity contribution in [2.75, 3.05) is 6.61 Å². The van der Waals surface area contributed by atoms with Crippen molar-refractivity contribution in [2.45, 2.75) is 39.0 Å². The van der Waals surface area contributed by atoms with Gasteiger partial charge in [-0.3, -0.25) is 9.24 Å². The van der Waals surface area contributed by atoms with Crippen LogP contribution < -0.4 is 0 Å². The van der Waals surface area contributed by atoms with Crippen LogP contribution in [0.3, 0.4) is 0 Å². The Balaban J connectivity index is 2.91. The van der Waals surface area contributed by atoms with E-state index in [-0.39, 0.29) is 5.25 Å². The van der Waals surface area contributed by atoms with Gasteiger partial charge in [0.25, 0.3) is 0 Å². The Labute approximate surface area is 131 Å². The maximum absolute atomic E-state index is 13.1. The van der Waals surface area contributed by atoms with Gasteiger partial charge in [0.1, 0.15) is 0 Å². The highest BCUT2D eigenvalue weighted by molar-refractivity contribution is 8.56. The van der Waals surface area contributed by atoms with Crippen LogP contribution in [0.15, 0.2) is 30.3 Å². The predicted octanol–water partition coefficient (Wildman–Crippen LogP) is 5.12. The van der Waals surface area contributed by atoms with Gasteiger partial charge in [0.15, 0.2) is 0 Å². The SMILES string of the molecule is CCOP(=O)(SC(C)CC)N(C=S)Cc1ccccc1. The molecule has 0 saturated heterocycles. The van der Waals surface area contributed by atoms with E-state index in [4.69, 9.17) is 16.7 Å². The molecule has 0 bridgehead atoms. The number of benzene rings is 1. The molecule has 0 spiro atoms. The maximum Gasteiger partial charge on any atom is 0.354 e. The largest absolute Gasteiger partial charge is 0.354 e. The molecule has 6 heteroatoms. The Morgan fingerprint density at radius 1 is 1.40 bits per heavy atom. The van der Waals surface area contributed by atoms with Gasteiger partial charge in [0.2, 0.25) is 0 Å². The van der Waals surface area contributed by atoms with Crippen LogP contribution in [0.5, 0.6) is 0 Å². The van der Waals surface area contributed by atoms with Crippen LogP contribution in [-0.2, 0) is 15.6 Å². The highest BCUT2D eigenvalue weighted by Crippen LogP contribution is 2.64. The number of rotatable bonds is 9. The smallest absolute Gasteiger partial charge is 0.306 e. The van der Waals surface area contributed by atoms with E-state index in [2.05, 4.69) is 13.8 Å². The molecule has 0 aliphatic heterocycles. The van der Waals surface area contributed by atoms with Gasteiger partial charge >= 0.3 is 6.72 Å². The Hall–Kier alpha value is -0.350. The fourth-order valence-corrected chi connectivity index (χ4v) is 6.91. The summed E-state index contributed by atoms with van der Waals surface area (Å²) in [7, 11) is 0. The van der Waals surface area contributed by atoms with Gasteiger partial charge in [-0.25, -0.2) is 0 Å². The highest BCUT2D eigenvalue weighted by Gasteiger charge is 2.32. The van der Waals surface area contributed by atoms with E-state index in [1.807, 2.05) is 37.3 Å². The van der Waals surface area contributed by atoms with Crippen LogP contribution in [0.4, 0.5) is 0 Å². The molecule has 0 aliphatic carbocycles. The summed E-state index contributed by atoms with van der Waals surface area (Å²) in [5.74, 6) is 0. The van der Waals surface area contributed by atoms with Gasteiger partial charge in [-0.2, -0.15) is 0 Å². The molecule has 2 atom stereocenters. The monoisotopic (exact) mass is 331 g/mol. The number of hydrogen-bond donors (Lipinski definition) is 0. The molecule has 0 saturated carbocycles. The van der Waals surface area contributed by atoms with Gasteiger partial charge in [-0.15, -0.1) is 0 Å². The minimum Gasteiger partial charge on any atom is -0.306 e. The van der Waals surface area contributed by atoms with Crippen molar-refractivity contribution in [3.8, 4) is 0 Å². The maximum atomic E-state index is 13.1. The van der Waals surface area contributed by atoms with E-state index < -0.39 is 6.72 Å². The van der Waals surface area contributed by atoms with Crippen molar-refractivity contribution in [1.29, 1.82) is 0 Å². The van der Waals surface area contributed by atoms with Gasteiger partial charge in [-0.1, -0.05) is 56.4 Å². The topological polar surface area (TPSA) is 29.5 Å². The van der Waals surface area contributed by atoms with Crippen LogP contribution in [0.2, 0.25) is 0 Å². The third kappa shape index (κ3) is 5.21. The molecule has 0 heterocycles. The summed E-state index contributed by atoms with van der Waals surface area (Å²) in [5.41, 5.74) is 2.53. The second-order valence-corrected chi connectivity index (χ2v) is 9.35. The standard InChI is InChI=1S/C14H22NO2PS2/c1-4-13(3)20-18(16,17-5-2)15(12-19)11-14-9-7-6-8-10-14/h6-10,12-13H,4-5,11H2,1-3H3. The third-order valence-corrected chi connectivity index (χ3v) is 8.47. The molecule has 0 aliphatic rings. The number of hydrogen-bond acceptors (Lipinski definition) is 4. The first-order chi connectivity index (χ1) is 9.55. The fraction of sp³-hybridized carbons (Fsp3) is 0.500. The molecule has 2 unspecified atom stereocenters. The minimum atomic E-state index is -2.98. The first kappa shape index (κ1) is 17.7. The third-order valence-electron chi connectivity index (χ3n) is 2.80. The predicted molar refractivity (Wildman–Crippen MR) is 92.2 cm³/mol. The molecule has 0 aromatic heterocycles. The summed E-state index contributed by atoms with van der Waals surface area (Å²) >= 11 is 6.44. The first-order valence-electron chi connectivity index (χ1n) is 6.75. The van der Waals surface area contributed by atoms with Crippen molar-refractivity contribution >= 4 is 35.8 Å². The lowest BCUT2D eigenvalue weighted by Crippen LogP contribution is -2.18. The van der Waals surface area contributed by atoms with Gasteiger partial charge < -0.3 is 4.52 Å². The van der Waals surface area contributed by atoms with Gasteiger partial charge in [-0.05, 0) is 30.3 Å². The summed E-state index contributed by atoms with van der Waals surface area (Å²) in [6, 6.07) is 9.88. The van der Waals surface area contributed by atoms with Crippen LogP contribution in [0.25, 0.3) is 0 Å². The number of thiocarbonyl (C=S) groups is 1. The summed E-state index contributed by atoms with van der Waals surface area (Å²) in [6.45, 7) is 3.93. The fourth-order valence-electron chi connectivity index (χ4n) is 1.58. The molecule has 0 amide bonds.